The van der Waals surface area contributed by atoms with Gasteiger partial charge in [-0.15, -0.1) is 0 Å². The van der Waals surface area contributed by atoms with Crippen molar-refractivity contribution < 1.29 is 9.18 Å². The van der Waals surface area contributed by atoms with Crippen LogP contribution in [0.4, 0.5) is 4.39 Å². The molecule has 0 aromatic rings. The summed E-state index contributed by atoms with van der Waals surface area (Å²) in [6.45, 7) is 14.0. The second kappa shape index (κ2) is 7.87. The normalized spacial score (nSPS) is 16.1. The quantitative estimate of drug-likeness (QED) is 0.417. The van der Waals surface area contributed by atoms with Crippen molar-refractivity contribution in [3.63, 3.8) is 0 Å². The number of amides is 1. The minimum absolute atomic E-state index is 0.137. The lowest BCUT2D eigenvalue weighted by Crippen LogP contribution is -2.53. The minimum atomic E-state index is -0.906. The van der Waals surface area contributed by atoms with Gasteiger partial charge in [-0.2, -0.15) is 0 Å². The molecule has 4 heteroatoms. The Morgan fingerprint density at radius 1 is 1.41 bits per heavy atom. The fourth-order valence-electron chi connectivity index (χ4n) is 2.75. The third-order valence-corrected chi connectivity index (χ3v) is 3.81. The molecule has 0 atom stereocenters. The lowest BCUT2D eigenvalue weighted by Gasteiger charge is -2.40. The molecule has 0 N–H and O–H groups in total. The van der Waals surface area contributed by atoms with E-state index in [2.05, 4.69) is 38.9 Å². The smallest absolute Gasteiger partial charge is 0.282 e. The number of rotatable bonds is 6. The summed E-state index contributed by atoms with van der Waals surface area (Å²) in [7, 11) is 1.76. The molecule has 1 heterocycles. The molecule has 120 valence electrons. The summed E-state index contributed by atoms with van der Waals surface area (Å²) in [5.41, 5.74) is 4.45. The molecule has 1 aliphatic heterocycles. The van der Waals surface area contributed by atoms with Crippen LogP contribution in [0.1, 0.15) is 27.2 Å². The van der Waals surface area contributed by atoms with Crippen LogP contribution in [0.3, 0.4) is 0 Å². The van der Waals surface area contributed by atoms with Gasteiger partial charge in [0.1, 0.15) is 0 Å². The fourth-order valence-corrected chi connectivity index (χ4v) is 2.75. The van der Waals surface area contributed by atoms with Gasteiger partial charge in [0.2, 0.25) is 0 Å². The van der Waals surface area contributed by atoms with Crippen LogP contribution in [0.2, 0.25) is 0 Å². The van der Waals surface area contributed by atoms with Crippen molar-refractivity contribution in [2.24, 2.45) is 10.9 Å². The van der Waals surface area contributed by atoms with Gasteiger partial charge in [-0.1, -0.05) is 37.8 Å². The molecule has 22 heavy (non-hydrogen) atoms. The maximum Gasteiger partial charge on any atom is 0.282 e. The molecule has 0 saturated carbocycles. The monoisotopic (exact) mass is 304 g/mol. The number of nitrogens with zero attached hydrogens (tertiary/aromatic N) is 2. The zero-order valence-corrected chi connectivity index (χ0v) is 13.9. The molecule has 0 aliphatic carbocycles. The van der Waals surface area contributed by atoms with Crippen molar-refractivity contribution in [1.29, 1.82) is 0 Å². The summed E-state index contributed by atoms with van der Waals surface area (Å²) in [4.78, 5) is 17.5. The van der Waals surface area contributed by atoms with Crippen LogP contribution in [0.5, 0.6) is 0 Å². The predicted octanol–water partition coefficient (Wildman–Crippen LogP) is 3.86. The molecule has 1 amide bonds. The van der Waals surface area contributed by atoms with Crippen molar-refractivity contribution in [3.8, 4) is 0 Å². The number of hydrogen-bond donors (Lipinski definition) is 0. The SMILES string of the molecule is C=C/C=C(/CC)C(C(=NC)C1CN(C(=O)C(=C)F)C1)=C(C)C. The van der Waals surface area contributed by atoms with Crippen LogP contribution in [-0.4, -0.2) is 36.7 Å². The maximum atomic E-state index is 12.9. The second-order valence-electron chi connectivity index (χ2n) is 5.58. The van der Waals surface area contributed by atoms with Gasteiger partial charge in [-0.25, -0.2) is 4.39 Å². The standard InChI is InChI=1S/C18H25FN2O/c1-7-9-14(8-2)16(12(3)4)17(20-6)15-10-21(11-15)18(22)13(5)19/h7,9,15H,1,5,8,10-11H2,2-4,6H3/b14-9-,20-17?. The zero-order chi connectivity index (χ0) is 16.9. The Bertz CT molecular complexity index is 560. The Hall–Kier alpha value is -1.97. The lowest BCUT2D eigenvalue weighted by molar-refractivity contribution is -0.133. The van der Waals surface area contributed by atoms with E-state index < -0.39 is 11.7 Å². The van der Waals surface area contributed by atoms with Crippen molar-refractivity contribution in [2.75, 3.05) is 20.1 Å². The molecule has 1 rings (SSSR count). The third-order valence-electron chi connectivity index (χ3n) is 3.81. The molecule has 0 aromatic heterocycles. The van der Waals surface area contributed by atoms with Gasteiger partial charge in [-0.05, 0) is 31.4 Å². The van der Waals surface area contributed by atoms with Crippen molar-refractivity contribution >= 4 is 11.6 Å². The van der Waals surface area contributed by atoms with E-state index >= 15 is 0 Å². The van der Waals surface area contributed by atoms with E-state index in [1.807, 2.05) is 6.08 Å². The molecular weight excluding hydrogens is 279 g/mol. The molecule has 3 nitrogen and oxygen atoms in total. The van der Waals surface area contributed by atoms with Crippen LogP contribution < -0.4 is 0 Å². The van der Waals surface area contributed by atoms with Crippen LogP contribution >= 0.6 is 0 Å². The molecular formula is C18H25FN2O. The molecule has 0 aromatic carbocycles. The van der Waals surface area contributed by atoms with E-state index in [0.717, 1.165) is 17.7 Å². The van der Waals surface area contributed by atoms with Gasteiger partial charge >= 0.3 is 0 Å². The molecule has 1 fully saturated rings. The summed E-state index contributed by atoms with van der Waals surface area (Å²) >= 11 is 0. The average Bonchev–Trinajstić information content (AvgIpc) is 2.42. The first-order valence-corrected chi connectivity index (χ1v) is 7.47. The van der Waals surface area contributed by atoms with Crippen LogP contribution in [0.25, 0.3) is 0 Å². The van der Waals surface area contributed by atoms with E-state index in [1.165, 1.54) is 16.0 Å². The largest absolute Gasteiger partial charge is 0.335 e. The first kappa shape index (κ1) is 18.1. The number of halogens is 1. The van der Waals surface area contributed by atoms with E-state index in [-0.39, 0.29) is 5.92 Å². The first-order chi connectivity index (χ1) is 10.4. The minimum Gasteiger partial charge on any atom is -0.335 e. The van der Waals surface area contributed by atoms with Crippen molar-refractivity contribution in [3.05, 3.63) is 47.9 Å². The van der Waals surface area contributed by atoms with E-state index in [1.54, 1.807) is 13.1 Å². The number of carbonyl (C=O) groups is 1. The molecule has 0 bridgehead atoms. The van der Waals surface area contributed by atoms with Crippen LogP contribution in [-0.2, 0) is 4.79 Å². The predicted molar refractivity (Wildman–Crippen MR) is 90.6 cm³/mol. The van der Waals surface area contributed by atoms with E-state index in [0.29, 0.717) is 13.1 Å². The number of likely N-dealkylation sites (tertiary alicyclic amines) is 1. The van der Waals surface area contributed by atoms with Gasteiger partial charge in [0, 0.05) is 31.8 Å². The van der Waals surface area contributed by atoms with Gasteiger partial charge < -0.3 is 4.90 Å². The Morgan fingerprint density at radius 2 is 2.00 bits per heavy atom. The maximum absolute atomic E-state index is 12.9. The van der Waals surface area contributed by atoms with Crippen LogP contribution in [0, 0.1) is 5.92 Å². The highest BCUT2D eigenvalue weighted by Crippen LogP contribution is 2.29. The molecule has 0 radical (unpaired) electrons. The molecule has 0 spiro atoms. The number of allylic oxidation sites excluding steroid dienone is 5. The van der Waals surface area contributed by atoms with E-state index in [4.69, 9.17) is 0 Å². The highest BCUT2D eigenvalue weighted by atomic mass is 19.1. The summed E-state index contributed by atoms with van der Waals surface area (Å²) in [6, 6.07) is 0. The van der Waals surface area contributed by atoms with Gasteiger partial charge in [0.25, 0.3) is 5.91 Å². The van der Waals surface area contributed by atoms with Gasteiger partial charge in [-0.3, -0.25) is 9.79 Å². The Morgan fingerprint density at radius 3 is 2.36 bits per heavy atom. The van der Waals surface area contributed by atoms with E-state index in [9.17, 15) is 9.18 Å². The summed E-state index contributed by atoms with van der Waals surface area (Å²) in [5.74, 6) is -1.39. The summed E-state index contributed by atoms with van der Waals surface area (Å²) in [6.07, 6.45) is 4.65. The first-order valence-electron chi connectivity index (χ1n) is 7.47. The highest BCUT2D eigenvalue weighted by molar-refractivity contribution is 6.07. The number of carbonyl (C=O) groups excluding carboxylic acids is 1. The average molecular weight is 304 g/mol. The number of hydrogen-bond acceptors (Lipinski definition) is 2. The summed E-state index contributed by atoms with van der Waals surface area (Å²) < 4.78 is 12.9. The van der Waals surface area contributed by atoms with Crippen molar-refractivity contribution in [1.82, 2.24) is 4.90 Å². The summed E-state index contributed by atoms with van der Waals surface area (Å²) in [5, 5.41) is 0. The fraction of sp³-hybridized carbons (Fsp3) is 0.444. The molecule has 0 unspecified atom stereocenters. The molecule has 1 aliphatic rings. The number of aliphatic imine (C=N–C) groups is 1. The Balaban J connectivity index is 3.00. The third kappa shape index (κ3) is 3.81. The topological polar surface area (TPSA) is 32.7 Å². The van der Waals surface area contributed by atoms with Crippen molar-refractivity contribution in [2.45, 2.75) is 27.2 Å². The zero-order valence-electron chi connectivity index (χ0n) is 13.9. The Labute approximate surface area is 132 Å². The Kier molecular flexibility index (Phi) is 6.47. The van der Waals surface area contributed by atoms with Gasteiger partial charge in [0.15, 0.2) is 5.83 Å². The van der Waals surface area contributed by atoms with Crippen LogP contribution in [0.15, 0.2) is 52.8 Å². The molecule has 1 saturated heterocycles. The highest BCUT2D eigenvalue weighted by Gasteiger charge is 2.36. The van der Waals surface area contributed by atoms with Gasteiger partial charge in [0.05, 0.1) is 0 Å². The lowest BCUT2D eigenvalue weighted by atomic mass is 9.83. The second-order valence-corrected chi connectivity index (χ2v) is 5.58.